The van der Waals surface area contributed by atoms with E-state index in [0.717, 1.165) is 36.6 Å². The van der Waals surface area contributed by atoms with Gasteiger partial charge in [-0.2, -0.15) is 0 Å². The smallest absolute Gasteiger partial charge is 0.123 e. The average Bonchev–Trinajstić information content (AvgIpc) is 2.89. The number of hydrogen-bond acceptors (Lipinski definition) is 2. The zero-order valence-electron chi connectivity index (χ0n) is 12.3. The highest BCUT2D eigenvalue weighted by atomic mass is 19.1. The Labute approximate surface area is 119 Å². The van der Waals surface area contributed by atoms with Gasteiger partial charge in [-0.1, -0.05) is 19.1 Å². The maximum atomic E-state index is 13.0. The second-order valence-corrected chi connectivity index (χ2v) is 5.57. The minimum absolute atomic E-state index is 0.214. The standard InChI is InChI=1S/C16H22FN3/c1-4-9-18-10-14-11-19-15(20-14)16(2,3)12-5-7-13(17)8-6-12/h5-8,11,18H,4,9-10H2,1-3H3,(H,19,20). The molecule has 0 aliphatic carbocycles. The Morgan fingerprint density at radius 1 is 1.25 bits per heavy atom. The van der Waals surface area contributed by atoms with Crippen molar-refractivity contribution in [3.05, 3.63) is 53.4 Å². The Balaban J connectivity index is 2.15. The molecule has 2 rings (SSSR count). The highest BCUT2D eigenvalue weighted by Gasteiger charge is 2.26. The third-order valence-corrected chi connectivity index (χ3v) is 3.53. The van der Waals surface area contributed by atoms with Gasteiger partial charge >= 0.3 is 0 Å². The van der Waals surface area contributed by atoms with Crippen LogP contribution in [0.3, 0.4) is 0 Å². The molecular weight excluding hydrogens is 253 g/mol. The van der Waals surface area contributed by atoms with E-state index >= 15 is 0 Å². The van der Waals surface area contributed by atoms with E-state index in [1.807, 2.05) is 18.3 Å². The molecule has 108 valence electrons. The lowest BCUT2D eigenvalue weighted by molar-refractivity contribution is 0.586. The van der Waals surface area contributed by atoms with Gasteiger partial charge in [0.2, 0.25) is 0 Å². The number of halogens is 1. The molecule has 0 spiro atoms. The first-order valence-corrected chi connectivity index (χ1v) is 7.05. The summed E-state index contributed by atoms with van der Waals surface area (Å²) in [6.07, 6.45) is 2.98. The molecule has 3 nitrogen and oxygen atoms in total. The SMILES string of the molecule is CCCNCc1cnc(C(C)(C)c2ccc(F)cc2)[nH]1. The van der Waals surface area contributed by atoms with E-state index in [2.05, 4.69) is 36.1 Å². The van der Waals surface area contributed by atoms with Gasteiger partial charge in [0.15, 0.2) is 0 Å². The van der Waals surface area contributed by atoms with Crippen LogP contribution in [-0.4, -0.2) is 16.5 Å². The summed E-state index contributed by atoms with van der Waals surface area (Å²) in [5.41, 5.74) is 1.85. The van der Waals surface area contributed by atoms with Crippen molar-refractivity contribution in [3.63, 3.8) is 0 Å². The first kappa shape index (κ1) is 14.7. The molecular formula is C16H22FN3. The Bertz CT molecular complexity index is 543. The van der Waals surface area contributed by atoms with Gasteiger partial charge in [0.1, 0.15) is 11.6 Å². The number of hydrogen-bond donors (Lipinski definition) is 2. The summed E-state index contributed by atoms with van der Waals surface area (Å²) in [7, 11) is 0. The number of nitrogens with zero attached hydrogens (tertiary/aromatic N) is 1. The van der Waals surface area contributed by atoms with Crippen LogP contribution in [0.1, 0.15) is 44.3 Å². The summed E-state index contributed by atoms with van der Waals surface area (Å²) in [6, 6.07) is 6.60. The van der Waals surface area contributed by atoms with Crippen molar-refractivity contribution in [2.75, 3.05) is 6.54 Å². The second-order valence-electron chi connectivity index (χ2n) is 5.57. The van der Waals surface area contributed by atoms with Gasteiger partial charge in [-0.05, 0) is 44.5 Å². The van der Waals surface area contributed by atoms with E-state index in [-0.39, 0.29) is 11.2 Å². The molecule has 1 heterocycles. The first-order chi connectivity index (χ1) is 9.54. The molecule has 0 amide bonds. The Hall–Kier alpha value is -1.68. The topological polar surface area (TPSA) is 40.7 Å². The van der Waals surface area contributed by atoms with Crippen molar-refractivity contribution >= 4 is 0 Å². The lowest BCUT2D eigenvalue weighted by Gasteiger charge is -2.22. The highest BCUT2D eigenvalue weighted by molar-refractivity contribution is 5.31. The predicted octanol–water partition coefficient (Wildman–Crippen LogP) is 3.37. The molecule has 0 fully saturated rings. The molecule has 0 saturated heterocycles. The first-order valence-electron chi connectivity index (χ1n) is 7.05. The zero-order valence-corrected chi connectivity index (χ0v) is 12.3. The fraction of sp³-hybridized carbons (Fsp3) is 0.438. The summed E-state index contributed by atoms with van der Waals surface area (Å²) in [5.74, 6) is 0.686. The quantitative estimate of drug-likeness (QED) is 0.794. The molecule has 4 heteroatoms. The largest absolute Gasteiger partial charge is 0.344 e. The van der Waals surface area contributed by atoms with Gasteiger partial charge in [0, 0.05) is 23.9 Å². The molecule has 0 bridgehead atoms. The van der Waals surface area contributed by atoms with Gasteiger partial charge in [-0.15, -0.1) is 0 Å². The molecule has 1 aromatic heterocycles. The van der Waals surface area contributed by atoms with Crippen molar-refractivity contribution in [3.8, 4) is 0 Å². The molecule has 1 aromatic carbocycles. The van der Waals surface area contributed by atoms with Crippen LogP contribution in [-0.2, 0) is 12.0 Å². The van der Waals surface area contributed by atoms with Crippen molar-refractivity contribution in [2.45, 2.75) is 39.2 Å². The molecule has 0 atom stereocenters. The lowest BCUT2D eigenvalue weighted by atomic mass is 9.84. The summed E-state index contributed by atoms with van der Waals surface area (Å²) >= 11 is 0. The van der Waals surface area contributed by atoms with Crippen LogP contribution in [0.5, 0.6) is 0 Å². The zero-order chi connectivity index (χ0) is 14.6. The normalized spacial score (nSPS) is 11.8. The third kappa shape index (κ3) is 3.25. The monoisotopic (exact) mass is 275 g/mol. The van der Waals surface area contributed by atoms with Gasteiger partial charge in [0.25, 0.3) is 0 Å². The highest BCUT2D eigenvalue weighted by Crippen LogP contribution is 2.29. The number of benzene rings is 1. The number of rotatable bonds is 6. The number of aromatic nitrogens is 2. The summed E-state index contributed by atoms with van der Waals surface area (Å²) in [5, 5.41) is 3.34. The van der Waals surface area contributed by atoms with E-state index in [0.29, 0.717) is 0 Å². The number of nitrogens with one attached hydrogen (secondary N) is 2. The van der Waals surface area contributed by atoms with E-state index < -0.39 is 0 Å². The van der Waals surface area contributed by atoms with E-state index in [9.17, 15) is 4.39 Å². The predicted molar refractivity (Wildman–Crippen MR) is 79.1 cm³/mol. The molecule has 2 aromatic rings. The fourth-order valence-electron chi connectivity index (χ4n) is 2.17. The van der Waals surface area contributed by atoms with Crippen LogP contribution in [0.25, 0.3) is 0 Å². The van der Waals surface area contributed by atoms with Crippen molar-refractivity contribution < 1.29 is 4.39 Å². The molecule has 2 N–H and O–H groups in total. The van der Waals surface area contributed by atoms with E-state index in [1.165, 1.54) is 12.1 Å². The number of imidazole rings is 1. The second kappa shape index (κ2) is 6.18. The van der Waals surface area contributed by atoms with Gasteiger partial charge in [0.05, 0.1) is 0 Å². The Morgan fingerprint density at radius 3 is 2.60 bits per heavy atom. The minimum atomic E-state index is -0.267. The Morgan fingerprint density at radius 2 is 1.95 bits per heavy atom. The van der Waals surface area contributed by atoms with Crippen molar-refractivity contribution in [2.24, 2.45) is 0 Å². The third-order valence-electron chi connectivity index (χ3n) is 3.53. The van der Waals surface area contributed by atoms with Gasteiger partial charge in [-0.3, -0.25) is 0 Å². The van der Waals surface area contributed by atoms with Gasteiger partial charge < -0.3 is 10.3 Å². The minimum Gasteiger partial charge on any atom is -0.344 e. The fourth-order valence-corrected chi connectivity index (χ4v) is 2.17. The Kier molecular flexibility index (Phi) is 4.55. The molecule has 20 heavy (non-hydrogen) atoms. The lowest BCUT2D eigenvalue weighted by Crippen LogP contribution is -2.21. The number of aromatic amines is 1. The summed E-state index contributed by atoms with van der Waals surface area (Å²) in [6.45, 7) is 8.10. The summed E-state index contributed by atoms with van der Waals surface area (Å²) < 4.78 is 13.0. The van der Waals surface area contributed by atoms with Gasteiger partial charge in [-0.25, -0.2) is 9.37 Å². The van der Waals surface area contributed by atoms with Crippen molar-refractivity contribution in [1.82, 2.24) is 15.3 Å². The van der Waals surface area contributed by atoms with Crippen molar-refractivity contribution in [1.29, 1.82) is 0 Å². The maximum absolute atomic E-state index is 13.0. The van der Waals surface area contributed by atoms with Crippen LogP contribution >= 0.6 is 0 Å². The van der Waals surface area contributed by atoms with Crippen LogP contribution < -0.4 is 5.32 Å². The van der Waals surface area contributed by atoms with E-state index in [1.54, 1.807) is 0 Å². The number of H-pyrrole nitrogens is 1. The molecule has 0 unspecified atom stereocenters. The van der Waals surface area contributed by atoms with E-state index in [4.69, 9.17) is 0 Å². The molecule has 0 radical (unpaired) electrons. The molecule has 0 aliphatic rings. The molecule has 0 aliphatic heterocycles. The molecule has 0 saturated carbocycles. The van der Waals surface area contributed by atoms with Crippen LogP contribution in [0.2, 0.25) is 0 Å². The van der Waals surface area contributed by atoms with Crippen LogP contribution in [0, 0.1) is 5.82 Å². The maximum Gasteiger partial charge on any atom is 0.123 e. The summed E-state index contributed by atoms with van der Waals surface area (Å²) in [4.78, 5) is 7.83. The van der Waals surface area contributed by atoms with Crippen LogP contribution in [0.4, 0.5) is 4.39 Å². The average molecular weight is 275 g/mol. The van der Waals surface area contributed by atoms with Crippen LogP contribution in [0.15, 0.2) is 30.5 Å².